The molecule has 0 saturated carbocycles. The standard InChI is InChI=1S/C31H36FN3O4/c1-7-31(39-16(4)5)21-12-25-28-19(14-35(25)29(36)20(21)15-38-30(31)37)27-24(34(8-2)9-3)11-10-18-17(6)22(32)13-23(33-28)26(18)27/h12-13,16,24H,7-11,14-15H2,1-6H3/t24-,31-/m0/s1. The molecule has 39 heavy (non-hydrogen) atoms. The third-order valence-electron chi connectivity index (χ3n) is 9.01. The molecule has 4 heterocycles. The molecule has 0 fully saturated rings. The van der Waals surface area contributed by atoms with Crippen LogP contribution in [-0.4, -0.2) is 39.6 Å². The quantitative estimate of drug-likeness (QED) is 0.314. The van der Waals surface area contributed by atoms with Crippen LogP contribution in [0.2, 0.25) is 0 Å². The lowest BCUT2D eigenvalue weighted by Crippen LogP contribution is -2.47. The molecule has 2 aliphatic heterocycles. The number of ether oxygens (including phenoxy) is 2. The average Bonchev–Trinajstić information content (AvgIpc) is 3.28. The lowest BCUT2D eigenvalue weighted by atomic mass is 9.81. The molecule has 0 spiro atoms. The summed E-state index contributed by atoms with van der Waals surface area (Å²) in [5, 5.41) is 1.03. The summed E-state index contributed by atoms with van der Waals surface area (Å²) in [7, 11) is 0. The average molecular weight is 534 g/mol. The molecule has 7 nitrogen and oxygen atoms in total. The Bertz CT molecular complexity index is 1590. The second-order valence-corrected chi connectivity index (χ2v) is 11.2. The number of cyclic esters (lactones) is 1. The summed E-state index contributed by atoms with van der Waals surface area (Å²) < 4.78 is 28.6. The molecule has 2 atom stereocenters. The number of hydrogen-bond donors (Lipinski definition) is 0. The number of benzene rings is 1. The zero-order chi connectivity index (χ0) is 27.8. The number of esters is 1. The van der Waals surface area contributed by atoms with Crippen molar-refractivity contribution in [2.45, 2.75) is 91.7 Å². The first-order valence-corrected chi connectivity index (χ1v) is 14.2. The van der Waals surface area contributed by atoms with Crippen LogP contribution in [0.5, 0.6) is 0 Å². The van der Waals surface area contributed by atoms with Crippen molar-refractivity contribution in [3.05, 3.63) is 61.7 Å². The number of hydrogen-bond acceptors (Lipinski definition) is 6. The number of aromatic nitrogens is 2. The predicted octanol–water partition coefficient (Wildman–Crippen LogP) is 5.29. The van der Waals surface area contributed by atoms with E-state index in [0.717, 1.165) is 48.0 Å². The van der Waals surface area contributed by atoms with E-state index < -0.39 is 11.6 Å². The molecule has 0 amide bonds. The first-order valence-electron chi connectivity index (χ1n) is 14.2. The van der Waals surface area contributed by atoms with E-state index in [2.05, 4.69) is 18.7 Å². The van der Waals surface area contributed by atoms with E-state index in [1.165, 1.54) is 6.07 Å². The van der Waals surface area contributed by atoms with Crippen molar-refractivity contribution < 1.29 is 18.7 Å². The van der Waals surface area contributed by atoms with Crippen LogP contribution in [0.3, 0.4) is 0 Å². The summed E-state index contributed by atoms with van der Waals surface area (Å²) in [4.78, 5) is 34.6. The van der Waals surface area contributed by atoms with E-state index in [9.17, 15) is 9.59 Å². The van der Waals surface area contributed by atoms with E-state index in [1.54, 1.807) is 4.57 Å². The van der Waals surface area contributed by atoms with Crippen molar-refractivity contribution in [3.8, 4) is 11.4 Å². The second kappa shape index (κ2) is 9.24. The van der Waals surface area contributed by atoms with Crippen molar-refractivity contribution >= 4 is 16.9 Å². The smallest absolute Gasteiger partial charge is 0.343 e. The van der Waals surface area contributed by atoms with Gasteiger partial charge >= 0.3 is 5.97 Å². The Balaban J connectivity index is 1.67. The molecule has 1 aromatic carbocycles. The minimum atomic E-state index is -1.36. The topological polar surface area (TPSA) is 73.7 Å². The fraction of sp³-hybridized carbons (Fsp3) is 0.516. The third-order valence-corrected chi connectivity index (χ3v) is 9.01. The van der Waals surface area contributed by atoms with Gasteiger partial charge in [-0.15, -0.1) is 0 Å². The molecule has 0 saturated heterocycles. The number of aryl methyl sites for hydroxylation is 1. The van der Waals surface area contributed by atoms with E-state index in [1.807, 2.05) is 33.8 Å². The Morgan fingerprint density at radius 2 is 1.92 bits per heavy atom. The summed E-state index contributed by atoms with van der Waals surface area (Å²) in [5.41, 5.74) is 5.32. The zero-order valence-electron chi connectivity index (χ0n) is 23.6. The monoisotopic (exact) mass is 533 g/mol. The van der Waals surface area contributed by atoms with Gasteiger partial charge in [-0.3, -0.25) is 9.69 Å². The van der Waals surface area contributed by atoms with Crippen LogP contribution < -0.4 is 5.56 Å². The van der Waals surface area contributed by atoms with Crippen LogP contribution in [0.4, 0.5) is 4.39 Å². The predicted molar refractivity (Wildman–Crippen MR) is 147 cm³/mol. The van der Waals surface area contributed by atoms with Gasteiger partial charge in [-0.1, -0.05) is 20.8 Å². The summed E-state index contributed by atoms with van der Waals surface area (Å²) >= 11 is 0. The Kier molecular flexibility index (Phi) is 6.19. The van der Waals surface area contributed by atoms with Crippen LogP contribution in [-0.2, 0) is 39.4 Å². The summed E-state index contributed by atoms with van der Waals surface area (Å²) in [6.07, 6.45) is 1.76. The third kappa shape index (κ3) is 3.57. The van der Waals surface area contributed by atoms with Gasteiger partial charge in [0.25, 0.3) is 5.56 Å². The van der Waals surface area contributed by atoms with Gasteiger partial charge in [-0.2, -0.15) is 0 Å². The highest BCUT2D eigenvalue weighted by Gasteiger charge is 2.49. The number of fused-ring (bicyclic) bond motifs is 5. The van der Waals surface area contributed by atoms with Gasteiger partial charge in [0.15, 0.2) is 5.60 Å². The van der Waals surface area contributed by atoms with Gasteiger partial charge in [-0.05, 0) is 75.9 Å². The van der Waals surface area contributed by atoms with Crippen molar-refractivity contribution in [3.63, 3.8) is 0 Å². The van der Waals surface area contributed by atoms with Crippen LogP contribution in [0.15, 0.2) is 16.9 Å². The highest BCUT2D eigenvalue weighted by molar-refractivity contribution is 5.93. The fourth-order valence-corrected chi connectivity index (χ4v) is 7.15. The molecule has 8 heteroatoms. The largest absolute Gasteiger partial charge is 0.458 e. The molecule has 2 aromatic heterocycles. The molecule has 206 valence electrons. The minimum absolute atomic E-state index is 0.0777. The first kappa shape index (κ1) is 26.1. The molecule has 0 radical (unpaired) electrons. The molecule has 3 aromatic rings. The number of nitrogens with zero attached hydrogens (tertiary/aromatic N) is 3. The number of rotatable bonds is 6. The molecule has 3 aliphatic rings. The van der Waals surface area contributed by atoms with Gasteiger partial charge in [0.1, 0.15) is 12.4 Å². The molecule has 1 aliphatic carbocycles. The van der Waals surface area contributed by atoms with E-state index in [4.69, 9.17) is 14.5 Å². The maximum Gasteiger partial charge on any atom is 0.343 e. The van der Waals surface area contributed by atoms with Crippen LogP contribution >= 0.6 is 0 Å². The van der Waals surface area contributed by atoms with Gasteiger partial charge in [0.05, 0.1) is 35.1 Å². The second-order valence-electron chi connectivity index (χ2n) is 11.2. The van der Waals surface area contributed by atoms with Crippen LogP contribution in [0.25, 0.3) is 22.3 Å². The zero-order valence-corrected chi connectivity index (χ0v) is 23.6. The Labute approximate surface area is 227 Å². The SMILES string of the molecule is CCN(CC)[C@H]1CCc2c(C)c(F)cc3nc4c(c1c23)Cn1c-4cc2c(c1=O)COC(=O)[C@@]2(CC)OC(C)C. The van der Waals surface area contributed by atoms with Crippen molar-refractivity contribution in [2.75, 3.05) is 13.1 Å². The van der Waals surface area contributed by atoms with Crippen molar-refractivity contribution in [1.82, 2.24) is 14.5 Å². The number of halogens is 1. The van der Waals surface area contributed by atoms with Gasteiger partial charge < -0.3 is 14.0 Å². The number of carbonyl (C=O) groups is 1. The summed E-state index contributed by atoms with van der Waals surface area (Å²) in [5.74, 6) is -0.727. The highest BCUT2D eigenvalue weighted by atomic mass is 19.1. The first-order chi connectivity index (χ1) is 18.7. The maximum absolute atomic E-state index is 15.1. The number of carbonyl (C=O) groups excluding carboxylic acids is 1. The molecule has 0 unspecified atom stereocenters. The molecular formula is C31H36FN3O4. The van der Waals surface area contributed by atoms with E-state index in [-0.39, 0.29) is 30.1 Å². The van der Waals surface area contributed by atoms with Crippen LogP contribution in [0, 0.1) is 12.7 Å². The Morgan fingerprint density at radius 3 is 2.59 bits per heavy atom. The summed E-state index contributed by atoms with van der Waals surface area (Å²) in [6.45, 7) is 13.9. The molecular weight excluding hydrogens is 497 g/mol. The fourth-order valence-electron chi connectivity index (χ4n) is 7.15. The van der Waals surface area contributed by atoms with Gasteiger partial charge in [0.2, 0.25) is 0 Å². The maximum atomic E-state index is 15.1. The minimum Gasteiger partial charge on any atom is -0.458 e. The highest BCUT2D eigenvalue weighted by Crippen LogP contribution is 2.47. The number of pyridine rings is 2. The van der Waals surface area contributed by atoms with E-state index >= 15 is 4.39 Å². The Morgan fingerprint density at radius 1 is 1.18 bits per heavy atom. The lowest BCUT2D eigenvalue weighted by Gasteiger charge is -2.37. The molecule has 0 N–H and O–H groups in total. The molecule has 0 bridgehead atoms. The van der Waals surface area contributed by atoms with Crippen molar-refractivity contribution in [1.29, 1.82) is 0 Å². The van der Waals surface area contributed by atoms with Gasteiger partial charge in [0, 0.05) is 28.6 Å². The normalized spacial score (nSPS) is 21.4. The van der Waals surface area contributed by atoms with E-state index in [0.29, 0.717) is 46.6 Å². The van der Waals surface area contributed by atoms with Crippen molar-refractivity contribution in [2.24, 2.45) is 0 Å². The summed E-state index contributed by atoms with van der Waals surface area (Å²) in [6, 6.07) is 3.60. The van der Waals surface area contributed by atoms with Gasteiger partial charge in [-0.25, -0.2) is 14.2 Å². The molecule has 6 rings (SSSR count). The lowest BCUT2D eigenvalue weighted by molar-refractivity contribution is -0.187. The Hall–Kier alpha value is -3.10. The van der Waals surface area contributed by atoms with Crippen LogP contribution in [0.1, 0.15) is 86.9 Å².